The molecule has 22 heavy (non-hydrogen) atoms. The Kier molecular flexibility index (Phi) is 6.69. The first kappa shape index (κ1) is 17.8. The monoisotopic (exact) mass is 306 g/mol. The van der Waals surface area contributed by atoms with Crippen LogP contribution < -0.4 is 21.1 Å². The lowest BCUT2D eigenvalue weighted by molar-refractivity contribution is -0.122. The number of ether oxygens (including phenoxy) is 1. The first-order valence-electron chi connectivity index (χ1n) is 7.36. The summed E-state index contributed by atoms with van der Waals surface area (Å²) in [5, 5.41) is 5.78. The molecule has 0 aliphatic heterocycles. The van der Waals surface area contributed by atoms with E-state index in [1.54, 1.807) is 0 Å². The molecule has 0 bridgehead atoms. The molecule has 0 unspecified atom stereocenters. The maximum Gasteiger partial charge on any atom is 0.257 e. The molecular weight excluding hydrogens is 280 g/mol. The minimum Gasteiger partial charge on any atom is -0.484 e. The van der Waals surface area contributed by atoms with Gasteiger partial charge in [0.15, 0.2) is 12.6 Å². The highest BCUT2D eigenvalue weighted by atomic mass is 16.5. The van der Waals surface area contributed by atoms with Crippen molar-refractivity contribution >= 4 is 11.9 Å². The van der Waals surface area contributed by atoms with Crippen LogP contribution in [0.4, 0.5) is 0 Å². The van der Waals surface area contributed by atoms with Crippen molar-refractivity contribution in [1.29, 1.82) is 0 Å². The van der Waals surface area contributed by atoms with E-state index >= 15 is 0 Å². The molecule has 0 aromatic heterocycles. The Morgan fingerprint density at radius 1 is 1.36 bits per heavy atom. The smallest absolute Gasteiger partial charge is 0.257 e. The van der Waals surface area contributed by atoms with Crippen molar-refractivity contribution in [3.8, 4) is 5.75 Å². The van der Waals surface area contributed by atoms with Gasteiger partial charge < -0.3 is 21.1 Å². The predicted molar refractivity (Wildman–Crippen MR) is 88.8 cm³/mol. The van der Waals surface area contributed by atoms with E-state index in [2.05, 4.69) is 15.6 Å². The molecule has 1 rings (SSSR count). The molecule has 0 saturated heterocycles. The van der Waals surface area contributed by atoms with Crippen LogP contribution in [0.2, 0.25) is 0 Å². The molecule has 0 saturated carbocycles. The zero-order valence-electron chi connectivity index (χ0n) is 13.8. The number of rotatable bonds is 6. The van der Waals surface area contributed by atoms with E-state index in [0.29, 0.717) is 24.8 Å². The van der Waals surface area contributed by atoms with Crippen molar-refractivity contribution < 1.29 is 9.53 Å². The highest BCUT2D eigenvalue weighted by molar-refractivity contribution is 5.78. The average molecular weight is 306 g/mol. The molecule has 6 nitrogen and oxygen atoms in total. The number of aliphatic imine (C=N–C) groups is 1. The number of nitrogens with zero attached hydrogens (tertiary/aromatic N) is 1. The molecule has 1 aromatic rings. The zero-order chi connectivity index (χ0) is 16.6. The van der Waals surface area contributed by atoms with Gasteiger partial charge in [0.25, 0.3) is 5.91 Å². The molecule has 0 atom stereocenters. The molecule has 0 aliphatic carbocycles. The van der Waals surface area contributed by atoms with E-state index in [-0.39, 0.29) is 18.1 Å². The lowest BCUT2D eigenvalue weighted by Gasteiger charge is -2.21. The Hall–Kier alpha value is -2.24. The van der Waals surface area contributed by atoms with E-state index in [4.69, 9.17) is 10.5 Å². The van der Waals surface area contributed by atoms with Gasteiger partial charge in [-0.1, -0.05) is 12.1 Å². The van der Waals surface area contributed by atoms with Crippen molar-refractivity contribution in [3.63, 3.8) is 0 Å². The Balaban J connectivity index is 2.57. The fourth-order valence-corrected chi connectivity index (χ4v) is 1.73. The first-order valence-corrected chi connectivity index (χ1v) is 7.36. The van der Waals surface area contributed by atoms with E-state index in [1.165, 1.54) is 0 Å². The molecule has 0 radical (unpaired) electrons. The van der Waals surface area contributed by atoms with Gasteiger partial charge in [-0.15, -0.1) is 0 Å². The summed E-state index contributed by atoms with van der Waals surface area (Å²) in [6.45, 7) is 8.98. The minimum absolute atomic E-state index is 0.00821. The van der Waals surface area contributed by atoms with Crippen molar-refractivity contribution in [2.45, 2.75) is 39.8 Å². The van der Waals surface area contributed by atoms with Gasteiger partial charge in [0.1, 0.15) is 5.75 Å². The van der Waals surface area contributed by atoms with E-state index < -0.39 is 0 Å². The normalized spacial score (nSPS) is 11.9. The predicted octanol–water partition coefficient (Wildman–Crippen LogP) is 1.40. The lowest BCUT2D eigenvalue weighted by atomic mass is 10.1. The highest BCUT2D eigenvalue weighted by Gasteiger charge is 2.09. The third-order valence-electron chi connectivity index (χ3n) is 2.58. The molecule has 6 heteroatoms. The van der Waals surface area contributed by atoms with Gasteiger partial charge in [0, 0.05) is 12.1 Å². The Labute approximate surface area is 132 Å². The second-order valence-corrected chi connectivity index (χ2v) is 5.97. The summed E-state index contributed by atoms with van der Waals surface area (Å²) in [4.78, 5) is 15.7. The van der Waals surface area contributed by atoms with Crippen molar-refractivity contribution in [3.05, 3.63) is 29.8 Å². The summed E-state index contributed by atoms with van der Waals surface area (Å²) in [6, 6.07) is 7.47. The quantitative estimate of drug-likeness (QED) is 0.547. The van der Waals surface area contributed by atoms with Crippen LogP contribution >= 0.6 is 0 Å². The summed E-state index contributed by atoms with van der Waals surface area (Å²) < 4.78 is 5.44. The van der Waals surface area contributed by atoms with Crippen molar-refractivity contribution in [1.82, 2.24) is 10.6 Å². The number of carbonyl (C=O) groups is 1. The maximum absolute atomic E-state index is 11.4. The van der Waals surface area contributed by atoms with Crippen LogP contribution in [0.3, 0.4) is 0 Å². The van der Waals surface area contributed by atoms with Crippen LogP contribution in [-0.4, -0.2) is 30.6 Å². The Morgan fingerprint density at radius 3 is 2.73 bits per heavy atom. The van der Waals surface area contributed by atoms with Gasteiger partial charge in [0.2, 0.25) is 0 Å². The number of carbonyl (C=O) groups excluding carboxylic acids is 1. The minimum atomic E-state index is -0.135. The third-order valence-corrected chi connectivity index (χ3v) is 2.58. The highest BCUT2D eigenvalue weighted by Crippen LogP contribution is 2.14. The van der Waals surface area contributed by atoms with Crippen LogP contribution in [0.1, 0.15) is 33.3 Å². The molecule has 0 spiro atoms. The molecule has 4 N–H and O–H groups in total. The molecule has 0 heterocycles. The van der Waals surface area contributed by atoms with Crippen molar-refractivity contribution in [2.24, 2.45) is 10.7 Å². The number of amides is 1. The number of hydrogen-bond acceptors (Lipinski definition) is 3. The van der Waals surface area contributed by atoms with Gasteiger partial charge in [-0.25, -0.2) is 4.99 Å². The SMILES string of the molecule is CCNC(=O)COc1cccc(CN=C(N)NC(C)(C)C)c1. The summed E-state index contributed by atoms with van der Waals surface area (Å²) in [7, 11) is 0. The topological polar surface area (TPSA) is 88.7 Å². The summed E-state index contributed by atoms with van der Waals surface area (Å²) >= 11 is 0. The molecule has 0 fully saturated rings. The van der Waals surface area contributed by atoms with Gasteiger partial charge in [0.05, 0.1) is 6.54 Å². The summed E-state index contributed by atoms with van der Waals surface area (Å²) in [6.07, 6.45) is 0. The number of likely N-dealkylation sites (N-methyl/N-ethyl adjacent to an activating group) is 1. The second kappa shape index (κ2) is 8.26. The number of benzene rings is 1. The molecule has 0 aliphatic rings. The number of hydrogen-bond donors (Lipinski definition) is 3. The number of nitrogens with one attached hydrogen (secondary N) is 2. The Bertz CT molecular complexity index is 521. The van der Waals surface area contributed by atoms with Crippen LogP contribution in [-0.2, 0) is 11.3 Å². The van der Waals surface area contributed by atoms with Gasteiger partial charge in [-0.3, -0.25) is 4.79 Å². The fraction of sp³-hybridized carbons (Fsp3) is 0.500. The second-order valence-electron chi connectivity index (χ2n) is 5.97. The van der Waals surface area contributed by atoms with Gasteiger partial charge in [-0.2, -0.15) is 0 Å². The fourth-order valence-electron chi connectivity index (χ4n) is 1.73. The molecule has 122 valence electrons. The number of guanidine groups is 1. The standard InChI is InChI=1S/C16H26N4O2/c1-5-18-14(21)11-22-13-8-6-7-12(9-13)10-19-15(17)20-16(2,3)4/h6-9H,5,10-11H2,1-4H3,(H,18,21)(H3,17,19,20). The van der Waals surface area contributed by atoms with Gasteiger partial charge in [-0.05, 0) is 45.4 Å². The molecule has 1 aromatic carbocycles. The average Bonchev–Trinajstić information content (AvgIpc) is 2.42. The van der Waals surface area contributed by atoms with Crippen molar-refractivity contribution in [2.75, 3.05) is 13.2 Å². The summed E-state index contributed by atoms with van der Waals surface area (Å²) in [5.41, 5.74) is 6.68. The largest absolute Gasteiger partial charge is 0.484 e. The van der Waals surface area contributed by atoms with E-state index in [9.17, 15) is 4.79 Å². The Morgan fingerprint density at radius 2 is 2.09 bits per heavy atom. The van der Waals surface area contributed by atoms with Crippen LogP contribution in [0.15, 0.2) is 29.3 Å². The lowest BCUT2D eigenvalue weighted by Crippen LogP contribution is -2.44. The first-order chi connectivity index (χ1) is 10.3. The van der Waals surface area contributed by atoms with E-state index in [0.717, 1.165) is 5.56 Å². The van der Waals surface area contributed by atoms with Crippen LogP contribution in [0.25, 0.3) is 0 Å². The molecule has 1 amide bonds. The van der Waals surface area contributed by atoms with Crippen LogP contribution in [0, 0.1) is 0 Å². The molecular formula is C16H26N4O2. The van der Waals surface area contributed by atoms with E-state index in [1.807, 2.05) is 52.0 Å². The third kappa shape index (κ3) is 7.52. The zero-order valence-corrected chi connectivity index (χ0v) is 13.8. The van der Waals surface area contributed by atoms with Gasteiger partial charge >= 0.3 is 0 Å². The summed E-state index contributed by atoms with van der Waals surface area (Å²) in [5.74, 6) is 0.909. The number of nitrogens with two attached hydrogens (primary N) is 1. The van der Waals surface area contributed by atoms with Crippen LogP contribution in [0.5, 0.6) is 5.75 Å². The maximum atomic E-state index is 11.4.